The average molecular weight is 384 g/mol. The predicted octanol–water partition coefficient (Wildman–Crippen LogP) is 6.57. The lowest BCUT2D eigenvalue weighted by atomic mass is 9.98. The van der Waals surface area contributed by atoms with E-state index in [1.54, 1.807) is 0 Å². The van der Waals surface area contributed by atoms with Gasteiger partial charge in [-0.15, -0.1) is 0 Å². The van der Waals surface area contributed by atoms with Crippen LogP contribution in [0.4, 0.5) is 5.69 Å². The average Bonchev–Trinajstić information content (AvgIpc) is 3.17. The second kappa shape index (κ2) is 7.92. The van der Waals surface area contributed by atoms with E-state index in [4.69, 9.17) is 4.42 Å². The number of benzene rings is 3. The number of carbonyl (C=O) groups excluding carboxylic acids is 1. The molecule has 1 atom stereocenters. The number of carbonyl (C=O) groups is 1. The highest BCUT2D eigenvalue weighted by molar-refractivity contribution is 6.04. The first kappa shape index (κ1) is 18.9. The SMILES string of the molecule is CC[C@H](C)c1ccc2oc(-c3cccc(NC(=O)c4cccc(C)c4)c3)nc2c1. The van der Waals surface area contributed by atoms with Crippen molar-refractivity contribution in [2.45, 2.75) is 33.1 Å². The lowest BCUT2D eigenvalue weighted by Crippen LogP contribution is -2.11. The van der Waals surface area contributed by atoms with Crippen LogP contribution in [0.2, 0.25) is 0 Å². The topological polar surface area (TPSA) is 55.1 Å². The van der Waals surface area contributed by atoms with Crippen molar-refractivity contribution in [3.05, 3.63) is 83.4 Å². The molecule has 4 heteroatoms. The minimum Gasteiger partial charge on any atom is -0.436 e. The standard InChI is InChI=1S/C25H24N2O2/c1-4-17(3)18-11-12-23-22(15-18)27-25(29-23)20-9-6-10-21(14-20)26-24(28)19-8-5-7-16(2)13-19/h5-15,17H,4H2,1-3H3,(H,26,28)/t17-/m0/s1. The first-order valence-corrected chi connectivity index (χ1v) is 9.92. The lowest BCUT2D eigenvalue weighted by Gasteiger charge is -2.07. The Balaban J connectivity index is 1.60. The zero-order valence-corrected chi connectivity index (χ0v) is 16.9. The number of aromatic nitrogens is 1. The molecule has 146 valence electrons. The van der Waals surface area contributed by atoms with Crippen LogP contribution in [0.15, 0.2) is 71.1 Å². The molecule has 1 aromatic heterocycles. The van der Waals surface area contributed by atoms with Gasteiger partial charge in [-0.2, -0.15) is 0 Å². The molecule has 0 aliphatic carbocycles. The number of nitrogens with one attached hydrogen (secondary N) is 1. The maximum Gasteiger partial charge on any atom is 0.255 e. The molecule has 4 aromatic rings. The number of amides is 1. The van der Waals surface area contributed by atoms with Crippen LogP contribution < -0.4 is 5.32 Å². The Morgan fingerprint density at radius 3 is 2.69 bits per heavy atom. The van der Waals surface area contributed by atoms with Gasteiger partial charge in [0.15, 0.2) is 5.58 Å². The van der Waals surface area contributed by atoms with Gasteiger partial charge in [-0.3, -0.25) is 4.79 Å². The van der Waals surface area contributed by atoms with E-state index in [1.165, 1.54) is 5.56 Å². The monoisotopic (exact) mass is 384 g/mol. The third-order valence-corrected chi connectivity index (χ3v) is 5.24. The van der Waals surface area contributed by atoms with Crippen LogP contribution in [0.5, 0.6) is 0 Å². The van der Waals surface area contributed by atoms with Gasteiger partial charge in [-0.25, -0.2) is 4.98 Å². The molecule has 29 heavy (non-hydrogen) atoms. The third-order valence-electron chi connectivity index (χ3n) is 5.24. The van der Waals surface area contributed by atoms with Gasteiger partial charge < -0.3 is 9.73 Å². The van der Waals surface area contributed by atoms with E-state index in [1.807, 2.05) is 61.5 Å². The maximum absolute atomic E-state index is 12.5. The fourth-order valence-corrected chi connectivity index (χ4v) is 3.33. The van der Waals surface area contributed by atoms with Crippen molar-refractivity contribution in [2.24, 2.45) is 0 Å². The fourth-order valence-electron chi connectivity index (χ4n) is 3.33. The molecule has 3 aromatic carbocycles. The van der Waals surface area contributed by atoms with Crippen LogP contribution in [-0.2, 0) is 0 Å². The summed E-state index contributed by atoms with van der Waals surface area (Å²) in [6.45, 7) is 6.36. The largest absolute Gasteiger partial charge is 0.436 e. The molecule has 0 bridgehead atoms. The van der Waals surface area contributed by atoms with Crippen molar-refractivity contribution in [1.29, 1.82) is 0 Å². The van der Waals surface area contributed by atoms with E-state index in [0.29, 0.717) is 23.1 Å². The summed E-state index contributed by atoms with van der Waals surface area (Å²) < 4.78 is 5.96. The quantitative estimate of drug-likeness (QED) is 0.423. The van der Waals surface area contributed by atoms with Crippen molar-refractivity contribution < 1.29 is 9.21 Å². The zero-order chi connectivity index (χ0) is 20.4. The summed E-state index contributed by atoms with van der Waals surface area (Å²) in [7, 11) is 0. The van der Waals surface area contributed by atoms with E-state index in [9.17, 15) is 4.79 Å². The second-order valence-corrected chi connectivity index (χ2v) is 7.46. The molecule has 4 rings (SSSR count). The lowest BCUT2D eigenvalue weighted by molar-refractivity contribution is 0.102. The Morgan fingerprint density at radius 1 is 1.07 bits per heavy atom. The van der Waals surface area contributed by atoms with E-state index in [0.717, 1.165) is 28.6 Å². The van der Waals surface area contributed by atoms with Gasteiger partial charge in [0.1, 0.15) is 5.52 Å². The Bertz CT molecular complexity index is 1180. The highest BCUT2D eigenvalue weighted by atomic mass is 16.3. The van der Waals surface area contributed by atoms with Gasteiger partial charge in [-0.1, -0.05) is 43.7 Å². The van der Waals surface area contributed by atoms with Gasteiger partial charge in [0.25, 0.3) is 5.91 Å². The summed E-state index contributed by atoms with van der Waals surface area (Å²) in [6, 6.07) is 21.3. The van der Waals surface area contributed by atoms with Crippen LogP contribution in [0.25, 0.3) is 22.6 Å². The van der Waals surface area contributed by atoms with E-state index < -0.39 is 0 Å². The van der Waals surface area contributed by atoms with Crippen LogP contribution in [0.1, 0.15) is 47.7 Å². The summed E-state index contributed by atoms with van der Waals surface area (Å²) in [5.74, 6) is 0.897. The van der Waals surface area contributed by atoms with Crippen LogP contribution >= 0.6 is 0 Å². The minimum atomic E-state index is -0.137. The maximum atomic E-state index is 12.5. The fraction of sp³-hybridized carbons (Fsp3) is 0.200. The number of fused-ring (bicyclic) bond motifs is 1. The van der Waals surface area contributed by atoms with Crippen molar-refractivity contribution in [3.63, 3.8) is 0 Å². The smallest absolute Gasteiger partial charge is 0.255 e. The molecular formula is C25H24N2O2. The Kier molecular flexibility index (Phi) is 5.17. The molecule has 1 amide bonds. The molecular weight excluding hydrogens is 360 g/mol. The highest BCUT2D eigenvalue weighted by Gasteiger charge is 2.12. The molecule has 0 fully saturated rings. The normalized spacial score (nSPS) is 12.1. The molecule has 0 aliphatic heterocycles. The molecule has 0 saturated carbocycles. The minimum absolute atomic E-state index is 0.137. The molecule has 1 heterocycles. The molecule has 0 saturated heterocycles. The Morgan fingerprint density at radius 2 is 1.90 bits per heavy atom. The second-order valence-electron chi connectivity index (χ2n) is 7.46. The number of oxazole rings is 1. The number of anilines is 1. The Labute approximate surface area is 170 Å². The van der Waals surface area contributed by atoms with Gasteiger partial charge in [0, 0.05) is 16.8 Å². The van der Waals surface area contributed by atoms with Gasteiger partial charge >= 0.3 is 0 Å². The number of nitrogens with zero attached hydrogens (tertiary/aromatic N) is 1. The van der Waals surface area contributed by atoms with Gasteiger partial charge in [0.2, 0.25) is 5.89 Å². The van der Waals surface area contributed by atoms with E-state index in [-0.39, 0.29) is 5.91 Å². The van der Waals surface area contributed by atoms with Crippen LogP contribution in [0.3, 0.4) is 0 Å². The number of aryl methyl sites for hydroxylation is 1. The summed E-state index contributed by atoms with van der Waals surface area (Å²) in [5, 5.41) is 2.95. The van der Waals surface area contributed by atoms with Crippen molar-refractivity contribution >= 4 is 22.7 Å². The third kappa shape index (κ3) is 4.06. The van der Waals surface area contributed by atoms with Crippen molar-refractivity contribution in [2.75, 3.05) is 5.32 Å². The zero-order valence-electron chi connectivity index (χ0n) is 16.9. The summed E-state index contributed by atoms with van der Waals surface area (Å²) >= 11 is 0. The molecule has 0 spiro atoms. The molecule has 0 radical (unpaired) electrons. The Hall–Kier alpha value is -3.40. The van der Waals surface area contributed by atoms with Crippen molar-refractivity contribution in [1.82, 2.24) is 4.98 Å². The number of hydrogen-bond donors (Lipinski definition) is 1. The summed E-state index contributed by atoms with van der Waals surface area (Å²) in [6.07, 6.45) is 1.08. The first-order valence-electron chi connectivity index (χ1n) is 9.92. The first-order chi connectivity index (χ1) is 14.0. The molecule has 0 aliphatic rings. The van der Waals surface area contributed by atoms with Crippen LogP contribution in [-0.4, -0.2) is 10.9 Å². The van der Waals surface area contributed by atoms with Gasteiger partial charge in [-0.05, 0) is 67.3 Å². The molecule has 1 N–H and O–H groups in total. The van der Waals surface area contributed by atoms with Crippen LogP contribution in [0, 0.1) is 6.92 Å². The van der Waals surface area contributed by atoms with Gasteiger partial charge in [0.05, 0.1) is 0 Å². The van der Waals surface area contributed by atoms with E-state index >= 15 is 0 Å². The summed E-state index contributed by atoms with van der Waals surface area (Å²) in [4.78, 5) is 17.2. The number of rotatable bonds is 5. The predicted molar refractivity (Wildman–Crippen MR) is 117 cm³/mol. The molecule has 4 nitrogen and oxygen atoms in total. The molecule has 0 unspecified atom stereocenters. The number of hydrogen-bond acceptors (Lipinski definition) is 3. The van der Waals surface area contributed by atoms with Crippen molar-refractivity contribution in [3.8, 4) is 11.5 Å². The van der Waals surface area contributed by atoms with E-state index in [2.05, 4.69) is 36.3 Å². The highest BCUT2D eigenvalue weighted by Crippen LogP contribution is 2.29. The summed E-state index contributed by atoms with van der Waals surface area (Å²) in [5.41, 5.74) is 6.10.